The summed E-state index contributed by atoms with van der Waals surface area (Å²) in [5.74, 6) is -1.00. The second-order valence-electron chi connectivity index (χ2n) is 4.58. The van der Waals surface area contributed by atoms with E-state index >= 15 is 0 Å². The van der Waals surface area contributed by atoms with Gasteiger partial charge in [-0.05, 0) is 18.4 Å². The molecule has 4 nitrogen and oxygen atoms in total. The number of nitrogens with zero attached hydrogens (tertiary/aromatic N) is 1. The van der Waals surface area contributed by atoms with Gasteiger partial charge in [0.25, 0.3) is 0 Å². The molecule has 1 aliphatic heterocycles. The third-order valence-electron chi connectivity index (χ3n) is 3.34. The van der Waals surface area contributed by atoms with Gasteiger partial charge in [0.2, 0.25) is 0 Å². The van der Waals surface area contributed by atoms with E-state index in [-0.39, 0.29) is 12.1 Å². The predicted octanol–water partition coefficient (Wildman–Crippen LogP) is 1.27. The largest absolute Gasteiger partial charge is 0.481 e. The van der Waals surface area contributed by atoms with Gasteiger partial charge in [-0.1, -0.05) is 30.3 Å². The maximum atomic E-state index is 10.9. The standard InChI is InChI=1S/C13H18N2O2/c14-12-8-11(13(16)17)6-7-15(12)9-10-4-2-1-3-5-10/h1-5,11-12H,6-9,14H2,(H,16,17). The minimum atomic E-state index is -0.722. The van der Waals surface area contributed by atoms with E-state index < -0.39 is 5.97 Å². The number of hydrogen-bond donors (Lipinski definition) is 2. The van der Waals surface area contributed by atoms with E-state index in [0.717, 1.165) is 13.1 Å². The second kappa shape index (κ2) is 5.29. The van der Waals surface area contributed by atoms with E-state index in [2.05, 4.69) is 17.0 Å². The number of carbonyl (C=O) groups is 1. The molecule has 17 heavy (non-hydrogen) atoms. The molecular weight excluding hydrogens is 216 g/mol. The van der Waals surface area contributed by atoms with E-state index in [1.807, 2.05) is 18.2 Å². The molecule has 0 radical (unpaired) electrons. The summed E-state index contributed by atoms with van der Waals surface area (Å²) < 4.78 is 0. The Morgan fingerprint density at radius 2 is 2.12 bits per heavy atom. The van der Waals surface area contributed by atoms with Gasteiger partial charge in [0.15, 0.2) is 0 Å². The Hall–Kier alpha value is -1.39. The molecule has 1 aromatic carbocycles. The van der Waals surface area contributed by atoms with Gasteiger partial charge in [0.1, 0.15) is 0 Å². The highest BCUT2D eigenvalue weighted by atomic mass is 16.4. The molecule has 0 aliphatic carbocycles. The first-order valence-corrected chi connectivity index (χ1v) is 5.93. The monoisotopic (exact) mass is 234 g/mol. The van der Waals surface area contributed by atoms with Crippen molar-refractivity contribution in [3.63, 3.8) is 0 Å². The summed E-state index contributed by atoms with van der Waals surface area (Å²) in [6, 6.07) is 10.1. The fourth-order valence-electron chi connectivity index (χ4n) is 2.28. The lowest BCUT2D eigenvalue weighted by Gasteiger charge is -2.35. The number of carboxylic acid groups (broad SMARTS) is 1. The molecule has 2 atom stereocenters. The molecule has 0 spiro atoms. The highest BCUT2D eigenvalue weighted by Gasteiger charge is 2.29. The molecular formula is C13H18N2O2. The topological polar surface area (TPSA) is 66.6 Å². The van der Waals surface area contributed by atoms with E-state index in [1.54, 1.807) is 0 Å². The molecule has 92 valence electrons. The molecule has 0 amide bonds. The summed E-state index contributed by atoms with van der Waals surface area (Å²) in [7, 11) is 0. The summed E-state index contributed by atoms with van der Waals surface area (Å²) in [5, 5.41) is 8.96. The van der Waals surface area contributed by atoms with Crippen LogP contribution in [-0.4, -0.2) is 28.7 Å². The maximum absolute atomic E-state index is 10.9. The predicted molar refractivity (Wildman–Crippen MR) is 65.2 cm³/mol. The number of piperidine rings is 1. The number of likely N-dealkylation sites (tertiary alicyclic amines) is 1. The van der Waals surface area contributed by atoms with Crippen molar-refractivity contribution in [3.8, 4) is 0 Å². The van der Waals surface area contributed by atoms with Crippen LogP contribution in [0.1, 0.15) is 18.4 Å². The van der Waals surface area contributed by atoms with Gasteiger partial charge in [-0.3, -0.25) is 9.69 Å². The normalized spacial score (nSPS) is 25.7. The van der Waals surface area contributed by atoms with Crippen molar-refractivity contribution in [1.82, 2.24) is 4.90 Å². The summed E-state index contributed by atoms with van der Waals surface area (Å²) in [6.45, 7) is 1.56. The smallest absolute Gasteiger partial charge is 0.306 e. The molecule has 1 aromatic rings. The Kier molecular flexibility index (Phi) is 3.76. The molecule has 1 aliphatic rings. The molecule has 1 saturated heterocycles. The number of rotatable bonds is 3. The number of hydrogen-bond acceptors (Lipinski definition) is 3. The fraction of sp³-hybridized carbons (Fsp3) is 0.462. The van der Waals surface area contributed by atoms with Crippen molar-refractivity contribution in [2.45, 2.75) is 25.6 Å². The Morgan fingerprint density at radius 3 is 2.71 bits per heavy atom. The molecule has 0 saturated carbocycles. The first-order valence-electron chi connectivity index (χ1n) is 5.93. The molecule has 1 heterocycles. The highest BCUT2D eigenvalue weighted by Crippen LogP contribution is 2.22. The molecule has 3 N–H and O–H groups in total. The van der Waals surface area contributed by atoms with Crippen LogP contribution in [0.2, 0.25) is 0 Å². The molecule has 0 bridgehead atoms. The Bertz CT molecular complexity index is 380. The SMILES string of the molecule is NC1CC(C(=O)O)CCN1Cc1ccccc1. The third-order valence-corrected chi connectivity index (χ3v) is 3.34. The average molecular weight is 234 g/mol. The highest BCUT2D eigenvalue weighted by molar-refractivity contribution is 5.70. The average Bonchev–Trinajstić information content (AvgIpc) is 2.33. The summed E-state index contributed by atoms with van der Waals surface area (Å²) in [6.07, 6.45) is 1.09. The number of aliphatic carboxylic acids is 1. The van der Waals surface area contributed by atoms with Crippen LogP contribution in [0.15, 0.2) is 30.3 Å². The van der Waals surface area contributed by atoms with Crippen molar-refractivity contribution in [1.29, 1.82) is 0 Å². The molecule has 4 heteroatoms. The van der Waals surface area contributed by atoms with Crippen molar-refractivity contribution in [3.05, 3.63) is 35.9 Å². The summed E-state index contributed by atoms with van der Waals surface area (Å²) in [5.41, 5.74) is 7.24. The van der Waals surface area contributed by atoms with E-state index in [4.69, 9.17) is 10.8 Å². The van der Waals surface area contributed by atoms with E-state index in [9.17, 15) is 4.79 Å². The number of carboxylic acids is 1. The first-order chi connectivity index (χ1) is 8.16. The fourth-order valence-corrected chi connectivity index (χ4v) is 2.28. The van der Waals surface area contributed by atoms with Crippen molar-refractivity contribution >= 4 is 5.97 Å². The zero-order chi connectivity index (χ0) is 12.3. The molecule has 1 fully saturated rings. The summed E-state index contributed by atoms with van der Waals surface area (Å²) >= 11 is 0. The van der Waals surface area contributed by atoms with Crippen molar-refractivity contribution < 1.29 is 9.90 Å². The van der Waals surface area contributed by atoms with Gasteiger partial charge in [-0.25, -0.2) is 0 Å². The van der Waals surface area contributed by atoms with Crippen LogP contribution in [0.3, 0.4) is 0 Å². The van der Waals surface area contributed by atoms with Gasteiger partial charge in [0, 0.05) is 13.1 Å². The van der Waals surface area contributed by atoms with Gasteiger partial charge >= 0.3 is 5.97 Å². The zero-order valence-electron chi connectivity index (χ0n) is 9.75. The van der Waals surface area contributed by atoms with Crippen LogP contribution < -0.4 is 5.73 Å². The molecule has 2 unspecified atom stereocenters. The van der Waals surface area contributed by atoms with E-state index in [1.165, 1.54) is 5.56 Å². The van der Waals surface area contributed by atoms with Gasteiger partial charge < -0.3 is 10.8 Å². The van der Waals surface area contributed by atoms with Crippen LogP contribution in [0, 0.1) is 5.92 Å². The first kappa shape index (κ1) is 12.1. The number of nitrogens with two attached hydrogens (primary N) is 1. The lowest BCUT2D eigenvalue weighted by molar-refractivity contribution is -0.144. The second-order valence-corrected chi connectivity index (χ2v) is 4.58. The quantitative estimate of drug-likeness (QED) is 0.826. The van der Waals surface area contributed by atoms with Crippen molar-refractivity contribution in [2.75, 3.05) is 6.54 Å². The molecule has 0 aromatic heterocycles. The Labute approximate surface area is 101 Å². The van der Waals surface area contributed by atoms with Gasteiger partial charge in [-0.2, -0.15) is 0 Å². The van der Waals surface area contributed by atoms with Gasteiger partial charge in [-0.15, -0.1) is 0 Å². The van der Waals surface area contributed by atoms with Gasteiger partial charge in [0.05, 0.1) is 12.1 Å². The number of benzene rings is 1. The van der Waals surface area contributed by atoms with Crippen LogP contribution in [-0.2, 0) is 11.3 Å². The van der Waals surface area contributed by atoms with Crippen LogP contribution in [0.25, 0.3) is 0 Å². The van der Waals surface area contributed by atoms with Crippen LogP contribution in [0.4, 0.5) is 0 Å². The zero-order valence-corrected chi connectivity index (χ0v) is 9.75. The Morgan fingerprint density at radius 1 is 1.41 bits per heavy atom. The molecule has 2 rings (SSSR count). The maximum Gasteiger partial charge on any atom is 0.306 e. The lowest BCUT2D eigenvalue weighted by atomic mass is 9.94. The lowest BCUT2D eigenvalue weighted by Crippen LogP contribution is -2.48. The third kappa shape index (κ3) is 3.05. The summed E-state index contributed by atoms with van der Waals surface area (Å²) in [4.78, 5) is 13.0. The minimum absolute atomic E-state index is 0.148. The Balaban J connectivity index is 1.94. The van der Waals surface area contributed by atoms with E-state index in [0.29, 0.717) is 12.8 Å². The van der Waals surface area contributed by atoms with Crippen LogP contribution in [0.5, 0.6) is 0 Å². The van der Waals surface area contributed by atoms with Crippen molar-refractivity contribution in [2.24, 2.45) is 11.7 Å². The van der Waals surface area contributed by atoms with Crippen LogP contribution >= 0.6 is 0 Å². The minimum Gasteiger partial charge on any atom is -0.481 e.